The highest BCUT2D eigenvalue weighted by Crippen LogP contribution is 2.31. The van der Waals surface area contributed by atoms with Crippen LogP contribution in [0.5, 0.6) is 0 Å². The van der Waals surface area contributed by atoms with Crippen molar-refractivity contribution in [3.05, 3.63) is 26.9 Å². The Morgan fingerprint density at radius 1 is 1.58 bits per heavy atom. The fraction of sp³-hybridized carbons (Fsp3) is 0.455. The molecule has 0 fully saturated rings. The summed E-state index contributed by atoms with van der Waals surface area (Å²) in [6, 6.07) is 1.31. The highest BCUT2D eigenvalue weighted by Gasteiger charge is 2.27. The van der Waals surface area contributed by atoms with Gasteiger partial charge in [0.1, 0.15) is 18.6 Å². The summed E-state index contributed by atoms with van der Waals surface area (Å²) in [5.41, 5.74) is -0.635. The second-order valence-electron chi connectivity index (χ2n) is 4.91. The average molecular weight is 332 g/mol. The standard InChI is InChI=1S/C11H14BrN3O4/c1-11(2,3)14(6-9(16)17)10-8(12)4-7(5-13-10)15(18)19/h4-5H,6H2,1-3H3,(H,16,17). The Morgan fingerprint density at radius 3 is 2.53 bits per heavy atom. The van der Waals surface area contributed by atoms with Gasteiger partial charge in [-0.2, -0.15) is 0 Å². The van der Waals surface area contributed by atoms with E-state index in [-0.39, 0.29) is 12.2 Å². The van der Waals surface area contributed by atoms with E-state index in [1.54, 1.807) is 4.90 Å². The fourth-order valence-corrected chi connectivity index (χ4v) is 2.04. The molecule has 0 bridgehead atoms. The Labute approximate surface area is 118 Å². The first kappa shape index (κ1) is 15.4. The largest absolute Gasteiger partial charge is 0.480 e. The van der Waals surface area contributed by atoms with Crippen LogP contribution in [0.25, 0.3) is 0 Å². The van der Waals surface area contributed by atoms with Crippen molar-refractivity contribution < 1.29 is 14.8 Å². The zero-order valence-corrected chi connectivity index (χ0v) is 12.3. The Morgan fingerprint density at radius 2 is 2.16 bits per heavy atom. The number of carboxylic acid groups (broad SMARTS) is 1. The number of aromatic nitrogens is 1. The van der Waals surface area contributed by atoms with Crippen LogP contribution < -0.4 is 4.90 Å². The van der Waals surface area contributed by atoms with Crippen LogP contribution in [0.1, 0.15) is 20.8 Å². The molecular weight excluding hydrogens is 318 g/mol. The van der Waals surface area contributed by atoms with E-state index >= 15 is 0 Å². The number of hydrogen-bond donors (Lipinski definition) is 1. The van der Waals surface area contributed by atoms with Crippen molar-refractivity contribution in [2.45, 2.75) is 26.3 Å². The van der Waals surface area contributed by atoms with Gasteiger partial charge in [-0.1, -0.05) is 0 Å². The van der Waals surface area contributed by atoms with Gasteiger partial charge >= 0.3 is 5.97 Å². The van der Waals surface area contributed by atoms with Crippen LogP contribution in [0.15, 0.2) is 16.7 Å². The zero-order chi connectivity index (χ0) is 14.8. The van der Waals surface area contributed by atoms with E-state index in [1.165, 1.54) is 6.07 Å². The maximum atomic E-state index is 10.9. The van der Waals surface area contributed by atoms with Crippen LogP contribution >= 0.6 is 15.9 Å². The molecule has 0 unspecified atom stereocenters. The minimum Gasteiger partial charge on any atom is -0.480 e. The Bertz CT molecular complexity index is 513. The van der Waals surface area contributed by atoms with Gasteiger partial charge in [0.25, 0.3) is 5.69 Å². The van der Waals surface area contributed by atoms with E-state index < -0.39 is 16.4 Å². The van der Waals surface area contributed by atoms with Gasteiger partial charge in [0.2, 0.25) is 0 Å². The zero-order valence-electron chi connectivity index (χ0n) is 10.8. The van der Waals surface area contributed by atoms with Crippen molar-refractivity contribution >= 4 is 33.4 Å². The Hall–Kier alpha value is -1.70. The summed E-state index contributed by atoms with van der Waals surface area (Å²) in [4.78, 5) is 26.6. The molecule has 0 aliphatic rings. The summed E-state index contributed by atoms with van der Waals surface area (Å²) in [7, 11) is 0. The topological polar surface area (TPSA) is 96.6 Å². The number of anilines is 1. The predicted octanol–water partition coefficient (Wildman–Crippen LogP) is 2.44. The molecule has 8 heteroatoms. The second kappa shape index (κ2) is 5.52. The average Bonchev–Trinajstić information content (AvgIpc) is 2.24. The highest BCUT2D eigenvalue weighted by atomic mass is 79.9. The molecule has 1 aromatic rings. The van der Waals surface area contributed by atoms with E-state index in [4.69, 9.17) is 5.11 Å². The van der Waals surface area contributed by atoms with Crippen LogP contribution in [0, 0.1) is 10.1 Å². The summed E-state index contributed by atoms with van der Waals surface area (Å²) in [6.07, 6.45) is 1.11. The number of carbonyl (C=O) groups is 1. The second-order valence-corrected chi connectivity index (χ2v) is 5.76. The summed E-state index contributed by atoms with van der Waals surface area (Å²) in [6.45, 7) is 5.27. The number of halogens is 1. The minimum absolute atomic E-state index is 0.153. The lowest BCUT2D eigenvalue weighted by Gasteiger charge is -2.35. The number of hydrogen-bond acceptors (Lipinski definition) is 5. The van der Waals surface area contributed by atoms with E-state index in [0.29, 0.717) is 10.3 Å². The minimum atomic E-state index is -0.998. The van der Waals surface area contributed by atoms with Crippen molar-refractivity contribution in [1.29, 1.82) is 0 Å². The molecule has 0 aromatic carbocycles. The summed E-state index contributed by atoms with van der Waals surface area (Å²) < 4.78 is 0.387. The Kier molecular flexibility index (Phi) is 4.46. The first-order chi connectivity index (χ1) is 8.62. The van der Waals surface area contributed by atoms with Crippen LogP contribution in [0.2, 0.25) is 0 Å². The number of nitrogens with zero attached hydrogens (tertiary/aromatic N) is 3. The molecule has 0 aliphatic heterocycles. The quantitative estimate of drug-likeness (QED) is 0.672. The maximum Gasteiger partial charge on any atom is 0.323 e. The summed E-state index contributed by atoms with van der Waals surface area (Å²) in [5.74, 6) is -0.637. The van der Waals surface area contributed by atoms with Gasteiger partial charge in [0, 0.05) is 11.6 Å². The third kappa shape index (κ3) is 3.88. The molecule has 1 heterocycles. The third-order valence-corrected chi connectivity index (χ3v) is 2.96. The fourth-order valence-electron chi connectivity index (χ4n) is 1.48. The molecule has 0 spiro atoms. The van der Waals surface area contributed by atoms with Crippen molar-refractivity contribution in [3.8, 4) is 0 Å². The first-order valence-corrected chi connectivity index (χ1v) is 6.21. The lowest BCUT2D eigenvalue weighted by atomic mass is 10.1. The molecule has 0 atom stereocenters. The van der Waals surface area contributed by atoms with Crippen LogP contribution in [0.4, 0.5) is 11.5 Å². The van der Waals surface area contributed by atoms with Crippen molar-refractivity contribution in [2.24, 2.45) is 0 Å². The van der Waals surface area contributed by atoms with Crippen molar-refractivity contribution in [3.63, 3.8) is 0 Å². The molecule has 19 heavy (non-hydrogen) atoms. The Balaban J connectivity index is 3.24. The van der Waals surface area contributed by atoms with Crippen LogP contribution in [-0.2, 0) is 4.79 Å². The molecule has 1 aromatic heterocycles. The molecule has 0 amide bonds. The smallest absolute Gasteiger partial charge is 0.323 e. The van der Waals surface area contributed by atoms with Gasteiger partial charge in [0.15, 0.2) is 0 Å². The normalized spacial score (nSPS) is 11.2. The molecule has 0 saturated carbocycles. The molecular formula is C11H14BrN3O4. The van der Waals surface area contributed by atoms with E-state index in [2.05, 4.69) is 20.9 Å². The molecule has 0 saturated heterocycles. The lowest BCUT2D eigenvalue weighted by Crippen LogP contribution is -2.45. The van der Waals surface area contributed by atoms with E-state index in [9.17, 15) is 14.9 Å². The van der Waals surface area contributed by atoms with Gasteiger partial charge < -0.3 is 10.0 Å². The number of carboxylic acids is 1. The molecule has 1 rings (SSSR count). The van der Waals surface area contributed by atoms with Gasteiger partial charge in [0.05, 0.1) is 9.40 Å². The summed E-state index contributed by atoms with van der Waals surface area (Å²) >= 11 is 3.20. The first-order valence-electron chi connectivity index (χ1n) is 5.42. The number of aliphatic carboxylic acids is 1. The summed E-state index contributed by atoms with van der Waals surface area (Å²) in [5, 5.41) is 19.6. The van der Waals surface area contributed by atoms with Gasteiger partial charge in [-0.15, -0.1) is 0 Å². The van der Waals surface area contributed by atoms with Crippen molar-refractivity contribution in [1.82, 2.24) is 4.98 Å². The van der Waals surface area contributed by atoms with Gasteiger partial charge in [-0.05, 0) is 36.7 Å². The highest BCUT2D eigenvalue weighted by molar-refractivity contribution is 9.10. The number of pyridine rings is 1. The van der Waals surface area contributed by atoms with Crippen molar-refractivity contribution in [2.75, 3.05) is 11.4 Å². The third-order valence-electron chi connectivity index (χ3n) is 2.38. The molecule has 0 aliphatic carbocycles. The molecule has 1 N–H and O–H groups in total. The molecule has 0 radical (unpaired) electrons. The maximum absolute atomic E-state index is 10.9. The van der Waals surface area contributed by atoms with Gasteiger partial charge in [-0.25, -0.2) is 4.98 Å². The SMILES string of the molecule is CC(C)(C)N(CC(=O)O)c1ncc([N+](=O)[O-])cc1Br. The number of rotatable bonds is 4. The lowest BCUT2D eigenvalue weighted by molar-refractivity contribution is -0.385. The van der Waals surface area contributed by atoms with Crippen LogP contribution in [0.3, 0.4) is 0 Å². The molecule has 104 valence electrons. The van der Waals surface area contributed by atoms with E-state index in [0.717, 1.165) is 6.20 Å². The van der Waals surface area contributed by atoms with Gasteiger partial charge in [-0.3, -0.25) is 14.9 Å². The molecule has 7 nitrogen and oxygen atoms in total. The predicted molar refractivity (Wildman–Crippen MR) is 73.3 cm³/mol. The monoisotopic (exact) mass is 331 g/mol. The van der Waals surface area contributed by atoms with Crippen LogP contribution in [-0.4, -0.2) is 33.1 Å². The number of nitro groups is 1. The van der Waals surface area contributed by atoms with E-state index in [1.807, 2.05) is 20.8 Å².